The van der Waals surface area contributed by atoms with E-state index in [1.807, 2.05) is 6.07 Å². The number of hydrogen-bond donors (Lipinski definition) is 0. The maximum atomic E-state index is 13.0. The largest absolute Gasteiger partial charge is 0.493 e. The van der Waals surface area contributed by atoms with Gasteiger partial charge in [0, 0.05) is 22.9 Å². The third-order valence-electron chi connectivity index (χ3n) is 4.68. The minimum Gasteiger partial charge on any atom is -0.493 e. The van der Waals surface area contributed by atoms with E-state index in [2.05, 4.69) is 6.58 Å². The lowest BCUT2D eigenvalue weighted by molar-refractivity contribution is -0.385. The molecule has 0 bridgehead atoms. The van der Waals surface area contributed by atoms with Crippen molar-refractivity contribution < 1.29 is 28.7 Å². The molecule has 0 aliphatic carbocycles. The minimum absolute atomic E-state index is 0.0387. The maximum Gasteiger partial charge on any atom is 0.348 e. The lowest BCUT2D eigenvalue weighted by Gasteiger charge is -2.12. The first kappa shape index (κ1) is 26.8. The number of nitrogens with zero attached hydrogens (tertiary/aromatic N) is 3. The van der Waals surface area contributed by atoms with Gasteiger partial charge in [0.1, 0.15) is 23.6 Å². The summed E-state index contributed by atoms with van der Waals surface area (Å²) in [6.07, 6.45) is 2.28. The van der Waals surface area contributed by atoms with Gasteiger partial charge in [-0.25, -0.2) is 4.79 Å². The smallest absolute Gasteiger partial charge is 0.348 e. The second-order valence-electron chi connectivity index (χ2n) is 6.88. The molecule has 11 heteroatoms. The summed E-state index contributed by atoms with van der Waals surface area (Å²) in [4.78, 5) is 36.4. The average molecular weight is 496 g/mol. The van der Waals surface area contributed by atoms with Gasteiger partial charge < -0.3 is 14.2 Å². The Hall–Kier alpha value is -4.48. The molecule has 1 heterocycles. The van der Waals surface area contributed by atoms with E-state index in [0.29, 0.717) is 10.4 Å². The number of benzene rings is 1. The molecule has 0 aliphatic rings. The first-order valence-corrected chi connectivity index (χ1v) is 11.0. The number of methoxy groups -OCH3 is 1. The molecule has 0 saturated carbocycles. The SMILES string of the molecule is C=CCOc1c(/C=C(/C#N)C(=O)Cc2sc(C(=O)OCC)c(C)c2C#N)cc([N+](=O)[O-])cc1OC. The molecule has 0 fully saturated rings. The fourth-order valence-corrected chi connectivity index (χ4v) is 4.22. The monoisotopic (exact) mass is 495 g/mol. The molecule has 35 heavy (non-hydrogen) atoms. The predicted octanol–water partition coefficient (Wildman–Crippen LogP) is 4.31. The number of rotatable bonds is 11. The highest BCUT2D eigenvalue weighted by atomic mass is 32.1. The van der Waals surface area contributed by atoms with Gasteiger partial charge in [-0.2, -0.15) is 10.5 Å². The second kappa shape index (κ2) is 12.1. The first-order valence-electron chi connectivity index (χ1n) is 10.2. The van der Waals surface area contributed by atoms with Crippen LogP contribution < -0.4 is 9.47 Å². The van der Waals surface area contributed by atoms with Crippen molar-refractivity contribution in [1.82, 2.24) is 0 Å². The van der Waals surface area contributed by atoms with E-state index in [1.54, 1.807) is 19.9 Å². The summed E-state index contributed by atoms with van der Waals surface area (Å²) in [6, 6.07) is 6.10. The maximum absolute atomic E-state index is 13.0. The number of allylic oxidation sites excluding steroid dienone is 1. The molecule has 0 saturated heterocycles. The van der Waals surface area contributed by atoms with Crippen molar-refractivity contribution in [1.29, 1.82) is 10.5 Å². The van der Waals surface area contributed by atoms with Gasteiger partial charge in [-0.15, -0.1) is 11.3 Å². The van der Waals surface area contributed by atoms with Crippen molar-refractivity contribution in [3.8, 4) is 23.6 Å². The molecule has 0 aliphatic heterocycles. The van der Waals surface area contributed by atoms with Gasteiger partial charge in [-0.05, 0) is 25.5 Å². The summed E-state index contributed by atoms with van der Waals surface area (Å²) in [5, 5.41) is 30.6. The van der Waals surface area contributed by atoms with Crippen LogP contribution in [0.3, 0.4) is 0 Å². The predicted molar refractivity (Wildman–Crippen MR) is 127 cm³/mol. The number of nitro benzene ring substituents is 1. The van der Waals surface area contributed by atoms with Crippen LogP contribution in [0.15, 0.2) is 30.4 Å². The van der Waals surface area contributed by atoms with Crippen LogP contribution in [0.25, 0.3) is 6.08 Å². The van der Waals surface area contributed by atoms with Crippen LogP contribution in [0.4, 0.5) is 5.69 Å². The summed E-state index contributed by atoms with van der Waals surface area (Å²) in [5.41, 5.74) is -0.0227. The lowest BCUT2D eigenvalue weighted by atomic mass is 10.0. The summed E-state index contributed by atoms with van der Waals surface area (Å²) >= 11 is 0.948. The van der Waals surface area contributed by atoms with Crippen LogP contribution in [-0.4, -0.2) is 37.0 Å². The number of carbonyl (C=O) groups excluding carboxylic acids is 2. The number of nitro groups is 1. The molecule has 1 aromatic heterocycles. The lowest BCUT2D eigenvalue weighted by Crippen LogP contribution is -2.06. The van der Waals surface area contributed by atoms with Crippen LogP contribution >= 0.6 is 11.3 Å². The van der Waals surface area contributed by atoms with Gasteiger partial charge in [0.2, 0.25) is 0 Å². The molecule has 0 N–H and O–H groups in total. The van der Waals surface area contributed by atoms with E-state index >= 15 is 0 Å². The highest BCUT2D eigenvalue weighted by molar-refractivity contribution is 7.14. The number of ketones is 1. The molecule has 2 rings (SSSR count). The normalized spacial score (nSPS) is 10.6. The number of Topliss-reactive ketones (excluding diaryl/α,β-unsaturated/α-hetero) is 1. The Morgan fingerprint density at radius 3 is 2.57 bits per heavy atom. The topological polar surface area (TPSA) is 153 Å². The molecule has 0 amide bonds. The first-order chi connectivity index (χ1) is 16.7. The number of thiophene rings is 1. The molecule has 2 aromatic rings. The number of carbonyl (C=O) groups is 2. The van der Waals surface area contributed by atoms with E-state index in [9.17, 15) is 30.2 Å². The van der Waals surface area contributed by atoms with E-state index < -0.39 is 16.7 Å². The van der Waals surface area contributed by atoms with Gasteiger partial charge in [0.25, 0.3) is 5.69 Å². The van der Waals surface area contributed by atoms with E-state index in [-0.39, 0.29) is 58.4 Å². The van der Waals surface area contributed by atoms with Gasteiger partial charge >= 0.3 is 5.97 Å². The second-order valence-corrected chi connectivity index (χ2v) is 7.98. The third-order valence-corrected chi connectivity index (χ3v) is 5.95. The molecular formula is C24H21N3O7S. The van der Waals surface area contributed by atoms with E-state index in [0.717, 1.165) is 29.5 Å². The van der Waals surface area contributed by atoms with Crippen LogP contribution in [0, 0.1) is 39.7 Å². The summed E-state index contributed by atoms with van der Waals surface area (Å²) < 4.78 is 15.8. The molecule has 0 radical (unpaired) electrons. The fourth-order valence-electron chi connectivity index (χ4n) is 3.08. The van der Waals surface area contributed by atoms with Crippen LogP contribution in [0.1, 0.15) is 38.2 Å². The van der Waals surface area contributed by atoms with Gasteiger partial charge in [-0.1, -0.05) is 12.7 Å². The minimum atomic E-state index is -0.652. The van der Waals surface area contributed by atoms with Crippen molar-refractivity contribution in [3.63, 3.8) is 0 Å². The Morgan fingerprint density at radius 1 is 1.31 bits per heavy atom. The molecule has 1 aromatic carbocycles. The highest BCUT2D eigenvalue weighted by Crippen LogP contribution is 2.37. The molecule has 180 valence electrons. The molecule has 0 spiro atoms. The zero-order valence-corrected chi connectivity index (χ0v) is 20.1. The third kappa shape index (κ3) is 6.10. The molecule has 0 unspecified atom stereocenters. The average Bonchev–Trinajstić information content (AvgIpc) is 3.15. The quantitative estimate of drug-likeness (QED) is 0.111. The number of hydrogen-bond acceptors (Lipinski definition) is 10. The number of nitriles is 2. The Kier molecular flexibility index (Phi) is 9.27. The Balaban J connectivity index is 2.54. The van der Waals surface area contributed by atoms with Crippen LogP contribution in [-0.2, 0) is 16.0 Å². The van der Waals surface area contributed by atoms with Crippen molar-refractivity contribution in [2.24, 2.45) is 0 Å². The van der Waals surface area contributed by atoms with Crippen molar-refractivity contribution in [3.05, 3.63) is 66.9 Å². The van der Waals surface area contributed by atoms with Gasteiger partial charge in [-0.3, -0.25) is 14.9 Å². The summed E-state index contributed by atoms with van der Waals surface area (Å²) in [6.45, 7) is 6.97. The molecular weight excluding hydrogens is 474 g/mol. The Labute approximate surface area is 205 Å². The van der Waals surface area contributed by atoms with Crippen molar-refractivity contribution in [2.45, 2.75) is 20.3 Å². The van der Waals surface area contributed by atoms with Gasteiger partial charge in [0.15, 0.2) is 17.3 Å². The summed E-state index contributed by atoms with van der Waals surface area (Å²) in [7, 11) is 1.30. The van der Waals surface area contributed by atoms with Crippen LogP contribution in [0.2, 0.25) is 0 Å². The van der Waals surface area contributed by atoms with E-state index in [4.69, 9.17) is 14.2 Å². The standard InChI is InChI=1S/C24H21N3O7S/c1-5-7-34-22-15(9-17(27(30)31)10-20(22)32-4)8-16(12-25)19(28)11-21-18(13-26)14(3)23(35-21)24(29)33-6-2/h5,8-10H,1,6-7,11H2,2-4H3/b16-8-. The van der Waals surface area contributed by atoms with Gasteiger partial charge in [0.05, 0.1) is 35.8 Å². The number of esters is 1. The van der Waals surface area contributed by atoms with Crippen molar-refractivity contribution in [2.75, 3.05) is 20.3 Å². The van der Waals surface area contributed by atoms with Crippen molar-refractivity contribution >= 4 is 34.9 Å². The fraction of sp³-hybridized carbons (Fsp3) is 0.250. The highest BCUT2D eigenvalue weighted by Gasteiger charge is 2.24. The number of non-ortho nitro benzene ring substituents is 1. The molecule has 10 nitrogen and oxygen atoms in total. The zero-order valence-electron chi connectivity index (χ0n) is 19.2. The molecule has 0 atom stereocenters. The van der Waals surface area contributed by atoms with Crippen LogP contribution in [0.5, 0.6) is 11.5 Å². The number of ether oxygens (including phenoxy) is 3. The summed E-state index contributed by atoms with van der Waals surface area (Å²) in [5.74, 6) is -1.13. The zero-order chi connectivity index (χ0) is 26.1. The Bertz CT molecular complexity index is 1300. The Morgan fingerprint density at radius 2 is 2.03 bits per heavy atom. The van der Waals surface area contributed by atoms with E-state index in [1.165, 1.54) is 13.2 Å².